The van der Waals surface area contributed by atoms with Crippen molar-refractivity contribution < 1.29 is 0 Å². The summed E-state index contributed by atoms with van der Waals surface area (Å²) in [5.41, 5.74) is 2.47. The zero-order chi connectivity index (χ0) is 13.7. The van der Waals surface area contributed by atoms with E-state index in [1.165, 1.54) is 10.5 Å². The molecule has 102 valence electrons. The zero-order valence-electron chi connectivity index (χ0n) is 11.5. The Hall–Kier alpha value is -1.04. The van der Waals surface area contributed by atoms with E-state index in [2.05, 4.69) is 58.1 Å². The van der Waals surface area contributed by atoms with Gasteiger partial charge in [-0.05, 0) is 31.0 Å². The fourth-order valence-electron chi connectivity index (χ4n) is 1.91. The Balaban J connectivity index is 1.94. The van der Waals surface area contributed by atoms with Crippen molar-refractivity contribution in [1.82, 2.24) is 9.88 Å². The summed E-state index contributed by atoms with van der Waals surface area (Å²) in [6, 6.07) is 8.70. The lowest BCUT2D eigenvalue weighted by Gasteiger charge is -2.15. The first-order valence-corrected chi connectivity index (χ1v) is 8.25. The third-order valence-corrected chi connectivity index (χ3v) is 4.42. The molecule has 5 heteroatoms. The van der Waals surface area contributed by atoms with Crippen LogP contribution in [0.15, 0.2) is 34.5 Å². The minimum Gasteiger partial charge on any atom is -0.365 e. The summed E-state index contributed by atoms with van der Waals surface area (Å²) < 4.78 is 0. The van der Waals surface area contributed by atoms with Gasteiger partial charge in [-0.3, -0.25) is 4.90 Å². The number of nitrogens with one attached hydrogen (secondary N) is 1. The maximum atomic E-state index is 4.51. The van der Waals surface area contributed by atoms with Crippen molar-refractivity contribution in [3.8, 4) is 0 Å². The maximum absolute atomic E-state index is 4.51. The van der Waals surface area contributed by atoms with Crippen LogP contribution in [0.2, 0.25) is 0 Å². The lowest BCUT2D eigenvalue weighted by atomic mass is 10.2. The number of anilines is 1. The van der Waals surface area contributed by atoms with Gasteiger partial charge in [-0.25, -0.2) is 4.98 Å². The van der Waals surface area contributed by atoms with Crippen LogP contribution >= 0.6 is 23.1 Å². The van der Waals surface area contributed by atoms with E-state index >= 15 is 0 Å². The number of thiazole rings is 1. The molecule has 1 heterocycles. The van der Waals surface area contributed by atoms with Crippen molar-refractivity contribution in [3.05, 3.63) is 40.9 Å². The van der Waals surface area contributed by atoms with Gasteiger partial charge in [0.15, 0.2) is 5.13 Å². The largest absolute Gasteiger partial charge is 0.365 e. The standard InChI is InChI=1S/C14H19N3S2/c1-15-14-16-12(10-19-14)9-17(2)8-11-5-4-6-13(7-11)18-3/h4-7,10H,8-9H2,1-3H3,(H,15,16). The molecule has 2 rings (SSSR count). The highest BCUT2D eigenvalue weighted by atomic mass is 32.2. The number of nitrogens with zero attached hydrogens (tertiary/aromatic N) is 2. The van der Waals surface area contributed by atoms with E-state index in [0.717, 1.165) is 23.9 Å². The zero-order valence-corrected chi connectivity index (χ0v) is 13.1. The molecule has 1 aromatic heterocycles. The molecule has 0 atom stereocenters. The summed E-state index contributed by atoms with van der Waals surface area (Å²) in [6.45, 7) is 1.82. The average molecular weight is 293 g/mol. The Kier molecular flexibility index (Phi) is 5.24. The Morgan fingerprint density at radius 2 is 2.21 bits per heavy atom. The minimum atomic E-state index is 0.877. The molecule has 0 saturated carbocycles. The first kappa shape index (κ1) is 14.4. The number of rotatable bonds is 6. The van der Waals surface area contributed by atoms with E-state index in [0.29, 0.717) is 0 Å². The van der Waals surface area contributed by atoms with Gasteiger partial charge in [0.05, 0.1) is 5.69 Å². The molecular formula is C14H19N3S2. The van der Waals surface area contributed by atoms with Crippen LogP contribution in [0.4, 0.5) is 5.13 Å². The predicted molar refractivity (Wildman–Crippen MR) is 85.1 cm³/mol. The first-order chi connectivity index (χ1) is 9.21. The van der Waals surface area contributed by atoms with E-state index in [4.69, 9.17) is 0 Å². The van der Waals surface area contributed by atoms with Crippen LogP contribution in [0.3, 0.4) is 0 Å². The second-order valence-corrected chi connectivity index (χ2v) is 6.16. The SMILES string of the molecule is CNc1nc(CN(C)Cc2cccc(SC)c2)cs1. The highest BCUT2D eigenvalue weighted by molar-refractivity contribution is 7.98. The van der Waals surface area contributed by atoms with Crippen molar-refractivity contribution in [3.63, 3.8) is 0 Å². The molecule has 1 N–H and O–H groups in total. The van der Waals surface area contributed by atoms with Crippen LogP contribution in [0.25, 0.3) is 0 Å². The van der Waals surface area contributed by atoms with Gasteiger partial charge in [0.2, 0.25) is 0 Å². The summed E-state index contributed by atoms with van der Waals surface area (Å²) in [7, 11) is 4.03. The number of hydrogen-bond donors (Lipinski definition) is 1. The number of hydrogen-bond acceptors (Lipinski definition) is 5. The van der Waals surface area contributed by atoms with E-state index in [1.807, 2.05) is 7.05 Å². The average Bonchev–Trinajstić information content (AvgIpc) is 2.86. The summed E-state index contributed by atoms with van der Waals surface area (Å²) in [5, 5.41) is 6.16. The first-order valence-electron chi connectivity index (χ1n) is 6.15. The van der Waals surface area contributed by atoms with E-state index in [-0.39, 0.29) is 0 Å². The van der Waals surface area contributed by atoms with E-state index in [9.17, 15) is 0 Å². The predicted octanol–water partition coefficient (Wildman–Crippen LogP) is 3.54. The minimum absolute atomic E-state index is 0.877. The summed E-state index contributed by atoms with van der Waals surface area (Å²) in [5.74, 6) is 0. The molecule has 1 aromatic carbocycles. The second kappa shape index (κ2) is 6.93. The highest BCUT2D eigenvalue weighted by Gasteiger charge is 2.05. The second-order valence-electron chi connectivity index (χ2n) is 4.42. The van der Waals surface area contributed by atoms with Gasteiger partial charge in [0, 0.05) is 30.4 Å². The smallest absolute Gasteiger partial charge is 0.182 e. The Labute approximate surface area is 123 Å². The summed E-state index contributed by atoms with van der Waals surface area (Å²) in [6.07, 6.45) is 2.11. The number of thioether (sulfide) groups is 1. The lowest BCUT2D eigenvalue weighted by molar-refractivity contribution is 0.315. The molecule has 3 nitrogen and oxygen atoms in total. The quantitative estimate of drug-likeness (QED) is 0.825. The van der Waals surface area contributed by atoms with Crippen LogP contribution in [-0.4, -0.2) is 30.2 Å². The Morgan fingerprint density at radius 3 is 2.89 bits per heavy atom. The van der Waals surface area contributed by atoms with Crippen LogP contribution in [0.1, 0.15) is 11.3 Å². The van der Waals surface area contributed by atoms with Crippen LogP contribution in [0.5, 0.6) is 0 Å². The molecule has 0 bridgehead atoms. The molecule has 0 saturated heterocycles. The number of benzene rings is 1. The molecule has 19 heavy (non-hydrogen) atoms. The van der Waals surface area contributed by atoms with Gasteiger partial charge in [-0.1, -0.05) is 12.1 Å². The molecule has 0 aliphatic rings. The van der Waals surface area contributed by atoms with Gasteiger partial charge >= 0.3 is 0 Å². The maximum Gasteiger partial charge on any atom is 0.182 e. The molecule has 0 aliphatic carbocycles. The molecule has 0 amide bonds. The third-order valence-electron chi connectivity index (χ3n) is 2.78. The molecular weight excluding hydrogens is 274 g/mol. The normalized spacial score (nSPS) is 10.9. The van der Waals surface area contributed by atoms with Crippen molar-refractivity contribution in [2.24, 2.45) is 0 Å². The topological polar surface area (TPSA) is 28.2 Å². The van der Waals surface area contributed by atoms with Crippen LogP contribution in [0, 0.1) is 0 Å². The van der Waals surface area contributed by atoms with Gasteiger partial charge in [0.1, 0.15) is 0 Å². The van der Waals surface area contributed by atoms with E-state index < -0.39 is 0 Å². The van der Waals surface area contributed by atoms with Gasteiger partial charge in [-0.2, -0.15) is 0 Å². The Bertz CT molecular complexity index is 525. The lowest BCUT2D eigenvalue weighted by Crippen LogP contribution is -2.17. The molecule has 2 aromatic rings. The van der Waals surface area contributed by atoms with Crippen molar-refractivity contribution in [2.45, 2.75) is 18.0 Å². The van der Waals surface area contributed by atoms with Crippen LogP contribution in [-0.2, 0) is 13.1 Å². The monoisotopic (exact) mass is 293 g/mol. The van der Waals surface area contributed by atoms with Crippen LogP contribution < -0.4 is 5.32 Å². The molecule has 0 spiro atoms. The fraction of sp³-hybridized carbons (Fsp3) is 0.357. The summed E-state index contributed by atoms with van der Waals surface area (Å²) in [4.78, 5) is 8.11. The Morgan fingerprint density at radius 1 is 1.37 bits per heavy atom. The molecule has 0 unspecified atom stereocenters. The van der Waals surface area contributed by atoms with Gasteiger partial charge in [0.25, 0.3) is 0 Å². The van der Waals surface area contributed by atoms with Gasteiger partial charge in [-0.15, -0.1) is 23.1 Å². The van der Waals surface area contributed by atoms with Gasteiger partial charge < -0.3 is 5.32 Å². The number of aromatic nitrogens is 1. The van der Waals surface area contributed by atoms with Crippen molar-refractivity contribution in [2.75, 3.05) is 25.7 Å². The molecule has 0 aliphatic heterocycles. The summed E-state index contributed by atoms with van der Waals surface area (Å²) >= 11 is 3.43. The highest BCUT2D eigenvalue weighted by Crippen LogP contribution is 2.18. The van der Waals surface area contributed by atoms with Crippen molar-refractivity contribution in [1.29, 1.82) is 0 Å². The fourth-order valence-corrected chi connectivity index (χ4v) is 3.06. The third kappa shape index (κ3) is 4.23. The van der Waals surface area contributed by atoms with E-state index in [1.54, 1.807) is 23.1 Å². The van der Waals surface area contributed by atoms with Crippen molar-refractivity contribution >= 4 is 28.2 Å². The molecule has 0 fully saturated rings. The molecule has 0 radical (unpaired) electrons.